The van der Waals surface area contributed by atoms with Gasteiger partial charge in [0.05, 0.1) is 36.9 Å². The number of aliphatic hydroxyl groups excluding tert-OH is 1. The highest BCUT2D eigenvalue weighted by molar-refractivity contribution is 7.17. The Morgan fingerprint density at radius 3 is 2.64 bits per heavy atom. The molecule has 39 heavy (non-hydrogen) atoms. The zero-order valence-electron chi connectivity index (χ0n) is 23.0. The van der Waals surface area contributed by atoms with Crippen LogP contribution in [0.5, 0.6) is 11.5 Å². The van der Waals surface area contributed by atoms with Crippen molar-refractivity contribution in [1.29, 1.82) is 0 Å². The standard InChI is InChI=1S/C29H35FN2O5SSi/c1-35-26-12-9-19(15-27(26)36-2)24(33)10-11-25(34)23-16-31-29(32(23)18-37-13-14-39(3,4)5)21-17-38-28-20(21)7-6-8-22(28)30/h6-9,12,15-17,25,34H,10-11,13-14,18H2,1-5H3. The fourth-order valence-corrected chi connectivity index (χ4v) is 6.01. The lowest BCUT2D eigenvalue weighted by Crippen LogP contribution is -2.22. The number of benzene rings is 2. The van der Waals surface area contributed by atoms with E-state index in [0.717, 1.165) is 17.0 Å². The Labute approximate surface area is 233 Å². The molecule has 1 N–H and O–H groups in total. The van der Waals surface area contributed by atoms with Gasteiger partial charge in [-0.1, -0.05) is 31.8 Å². The number of thiophene rings is 1. The van der Waals surface area contributed by atoms with E-state index in [0.29, 0.717) is 39.9 Å². The van der Waals surface area contributed by atoms with Crippen LogP contribution >= 0.6 is 11.3 Å². The number of ketones is 1. The van der Waals surface area contributed by atoms with Gasteiger partial charge in [0.2, 0.25) is 0 Å². The van der Waals surface area contributed by atoms with Gasteiger partial charge in [0.1, 0.15) is 18.4 Å². The molecule has 0 amide bonds. The quantitative estimate of drug-likeness (QED) is 0.107. The summed E-state index contributed by atoms with van der Waals surface area (Å²) in [5.74, 6) is 1.22. The smallest absolute Gasteiger partial charge is 0.163 e. The van der Waals surface area contributed by atoms with Crippen molar-refractivity contribution in [3.8, 4) is 22.9 Å². The van der Waals surface area contributed by atoms with Gasteiger partial charge in [0.25, 0.3) is 0 Å². The van der Waals surface area contributed by atoms with Crippen LogP contribution in [0.25, 0.3) is 21.5 Å². The Morgan fingerprint density at radius 1 is 1.15 bits per heavy atom. The lowest BCUT2D eigenvalue weighted by Gasteiger charge is -2.19. The van der Waals surface area contributed by atoms with Crippen LogP contribution in [-0.4, -0.2) is 49.3 Å². The first-order valence-electron chi connectivity index (χ1n) is 12.9. The molecule has 2 aromatic carbocycles. The number of aliphatic hydroxyl groups is 1. The summed E-state index contributed by atoms with van der Waals surface area (Å²) in [6, 6.07) is 11.0. The molecule has 10 heteroatoms. The Hall–Kier alpha value is -3.05. The monoisotopic (exact) mass is 570 g/mol. The van der Waals surface area contributed by atoms with Crippen molar-refractivity contribution in [3.05, 3.63) is 65.0 Å². The molecular weight excluding hydrogens is 535 g/mol. The van der Waals surface area contributed by atoms with Gasteiger partial charge < -0.3 is 23.9 Å². The van der Waals surface area contributed by atoms with E-state index in [9.17, 15) is 14.3 Å². The molecule has 2 heterocycles. The number of carbonyl (C=O) groups excluding carboxylic acids is 1. The molecule has 0 fully saturated rings. The molecule has 0 radical (unpaired) electrons. The first-order chi connectivity index (χ1) is 18.6. The number of rotatable bonds is 13. The van der Waals surface area contributed by atoms with Crippen molar-refractivity contribution in [2.24, 2.45) is 0 Å². The summed E-state index contributed by atoms with van der Waals surface area (Å²) < 4.78 is 33.4. The number of aromatic nitrogens is 2. The largest absolute Gasteiger partial charge is 0.493 e. The summed E-state index contributed by atoms with van der Waals surface area (Å²) in [7, 11) is 1.77. The fourth-order valence-electron chi connectivity index (χ4n) is 4.30. The molecule has 0 saturated carbocycles. The van der Waals surface area contributed by atoms with Gasteiger partial charge in [0.15, 0.2) is 17.3 Å². The lowest BCUT2D eigenvalue weighted by atomic mass is 10.0. The third-order valence-electron chi connectivity index (χ3n) is 6.59. The predicted octanol–water partition coefficient (Wildman–Crippen LogP) is 6.93. The maximum atomic E-state index is 14.4. The molecule has 0 bridgehead atoms. The maximum Gasteiger partial charge on any atom is 0.163 e. The van der Waals surface area contributed by atoms with Crippen LogP contribution in [0.1, 0.15) is 35.0 Å². The summed E-state index contributed by atoms with van der Waals surface area (Å²) in [6.07, 6.45) is 0.996. The molecule has 1 unspecified atom stereocenters. The highest BCUT2D eigenvalue weighted by Crippen LogP contribution is 2.36. The number of fused-ring (bicyclic) bond motifs is 1. The van der Waals surface area contributed by atoms with E-state index >= 15 is 0 Å². The minimum atomic E-state index is -1.29. The molecule has 4 aromatic rings. The fraction of sp³-hybridized carbons (Fsp3) is 0.379. The first-order valence-corrected chi connectivity index (χ1v) is 17.4. The Balaban J connectivity index is 1.57. The van der Waals surface area contributed by atoms with Crippen molar-refractivity contribution >= 4 is 35.3 Å². The van der Waals surface area contributed by atoms with Gasteiger partial charge in [-0.25, -0.2) is 9.37 Å². The van der Waals surface area contributed by atoms with Crippen molar-refractivity contribution in [3.63, 3.8) is 0 Å². The van der Waals surface area contributed by atoms with Crippen LogP contribution in [0.4, 0.5) is 4.39 Å². The van der Waals surface area contributed by atoms with E-state index in [1.807, 2.05) is 16.0 Å². The van der Waals surface area contributed by atoms with Crippen molar-refractivity contribution in [2.45, 2.75) is 51.4 Å². The van der Waals surface area contributed by atoms with E-state index in [1.54, 1.807) is 30.5 Å². The lowest BCUT2D eigenvalue weighted by molar-refractivity contribution is 0.0747. The summed E-state index contributed by atoms with van der Waals surface area (Å²) in [4.78, 5) is 17.5. The van der Waals surface area contributed by atoms with Gasteiger partial charge >= 0.3 is 0 Å². The zero-order valence-corrected chi connectivity index (χ0v) is 24.8. The summed E-state index contributed by atoms with van der Waals surface area (Å²) in [5, 5.41) is 13.8. The third-order valence-corrected chi connectivity index (χ3v) is 9.30. The number of halogens is 1. The number of hydrogen-bond acceptors (Lipinski definition) is 7. The predicted molar refractivity (Wildman–Crippen MR) is 155 cm³/mol. The Kier molecular flexibility index (Phi) is 9.22. The minimum absolute atomic E-state index is 0.119. The van der Waals surface area contributed by atoms with Gasteiger partial charge in [-0.15, -0.1) is 11.3 Å². The van der Waals surface area contributed by atoms with E-state index in [4.69, 9.17) is 14.2 Å². The van der Waals surface area contributed by atoms with Crippen LogP contribution in [0.15, 0.2) is 48.0 Å². The van der Waals surface area contributed by atoms with Gasteiger partial charge in [-0.05, 0) is 36.7 Å². The highest BCUT2D eigenvalue weighted by atomic mass is 32.1. The van der Waals surface area contributed by atoms with Gasteiger partial charge in [0, 0.05) is 43.0 Å². The normalized spacial score (nSPS) is 12.6. The van der Waals surface area contributed by atoms with Crippen LogP contribution in [0, 0.1) is 5.82 Å². The molecule has 2 aromatic heterocycles. The second-order valence-corrected chi connectivity index (χ2v) is 17.1. The summed E-state index contributed by atoms with van der Waals surface area (Å²) in [5.41, 5.74) is 1.81. The molecule has 0 aliphatic carbocycles. The highest BCUT2D eigenvalue weighted by Gasteiger charge is 2.23. The van der Waals surface area contributed by atoms with Gasteiger partial charge in [-0.3, -0.25) is 4.79 Å². The average Bonchev–Trinajstić information content (AvgIpc) is 3.53. The van der Waals surface area contributed by atoms with Crippen molar-refractivity contribution < 1.29 is 28.5 Å². The number of hydrogen-bond donors (Lipinski definition) is 1. The molecule has 0 spiro atoms. The minimum Gasteiger partial charge on any atom is -0.493 e. The molecular formula is C29H35FN2O5SSi. The topological polar surface area (TPSA) is 82.8 Å². The van der Waals surface area contributed by atoms with Crippen molar-refractivity contribution in [2.75, 3.05) is 20.8 Å². The molecule has 4 rings (SSSR count). The Bertz CT molecular complexity index is 1450. The number of methoxy groups -OCH3 is 2. The number of imidazole rings is 1. The maximum absolute atomic E-state index is 14.4. The molecule has 1 atom stereocenters. The Morgan fingerprint density at radius 2 is 1.92 bits per heavy atom. The second-order valence-electron chi connectivity index (χ2n) is 10.6. The molecule has 7 nitrogen and oxygen atoms in total. The van der Waals surface area contributed by atoms with E-state index in [-0.39, 0.29) is 31.2 Å². The number of nitrogens with zero attached hydrogens (tertiary/aromatic N) is 2. The van der Waals surface area contributed by atoms with Gasteiger partial charge in [-0.2, -0.15) is 0 Å². The van der Waals surface area contributed by atoms with Crippen molar-refractivity contribution in [1.82, 2.24) is 9.55 Å². The number of carbonyl (C=O) groups is 1. The van der Waals surface area contributed by atoms with Crippen LogP contribution < -0.4 is 9.47 Å². The summed E-state index contributed by atoms with van der Waals surface area (Å²) in [6.45, 7) is 7.66. The van der Waals surface area contributed by atoms with Crippen LogP contribution in [0.3, 0.4) is 0 Å². The average molecular weight is 571 g/mol. The van der Waals surface area contributed by atoms with E-state index < -0.39 is 14.2 Å². The molecule has 0 aliphatic rings. The second kappa shape index (κ2) is 12.4. The van der Waals surface area contributed by atoms with E-state index in [1.165, 1.54) is 31.6 Å². The number of Topliss-reactive ketones (excluding diaryl/α,β-unsaturated/α-hetero) is 1. The summed E-state index contributed by atoms with van der Waals surface area (Å²) >= 11 is 1.32. The number of ether oxygens (including phenoxy) is 3. The van der Waals surface area contributed by atoms with Crippen LogP contribution in [-0.2, 0) is 11.5 Å². The zero-order chi connectivity index (χ0) is 28.2. The third kappa shape index (κ3) is 6.75. The molecule has 0 aliphatic heterocycles. The van der Waals surface area contributed by atoms with E-state index in [2.05, 4.69) is 24.6 Å². The first kappa shape index (κ1) is 28.9. The molecule has 0 saturated heterocycles. The van der Waals surface area contributed by atoms with Crippen LogP contribution in [0.2, 0.25) is 25.7 Å². The molecule has 208 valence electrons. The SMILES string of the molecule is COc1ccc(C(=O)CCC(O)c2cnc(-c3csc4c(F)cccc34)n2COCC[Si](C)(C)C)cc1OC.